The molecule has 2 aromatic carbocycles. The lowest BCUT2D eigenvalue weighted by atomic mass is 10.0. The summed E-state index contributed by atoms with van der Waals surface area (Å²) in [6.45, 7) is 0. The normalized spacial score (nSPS) is 14.4. The minimum absolute atomic E-state index is 0.0796. The van der Waals surface area contributed by atoms with E-state index in [0.717, 1.165) is 40.6 Å². The Balaban J connectivity index is 1.55. The van der Waals surface area contributed by atoms with E-state index >= 15 is 0 Å². The average Bonchev–Trinajstić information content (AvgIpc) is 3.44. The second kappa shape index (κ2) is 8.34. The smallest absolute Gasteiger partial charge is 0.250 e. The van der Waals surface area contributed by atoms with Crippen molar-refractivity contribution in [3.63, 3.8) is 0 Å². The summed E-state index contributed by atoms with van der Waals surface area (Å²) in [6.07, 6.45) is 3.82. The third-order valence-electron chi connectivity index (χ3n) is 6.14. The van der Waals surface area contributed by atoms with Gasteiger partial charge in [-0.1, -0.05) is 54.1 Å². The molecule has 2 N–H and O–H groups in total. The monoisotopic (exact) mass is 485 g/mol. The quantitative estimate of drug-likeness (QED) is 0.321. The van der Waals surface area contributed by atoms with Crippen LogP contribution in [0.4, 0.5) is 0 Å². The van der Waals surface area contributed by atoms with Gasteiger partial charge in [-0.25, -0.2) is 15.0 Å². The minimum Gasteiger partial charge on any atom is -0.366 e. The highest BCUT2D eigenvalue weighted by Crippen LogP contribution is 2.46. The molecule has 1 aliphatic carbocycles. The molecule has 0 bridgehead atoms. The number of hydrogen-bond donors (Lipinski definition) is 1. The van der Waals surface area contributed by atoms with E-state index in [2.05, 4.69) is 33.8 Å². The van der Waals surface area contributed by atoms with Crippen LogP contribution in [-0.4, -0.2) is 25.4 Å². The van der Waals surface area contributed by atoms with Crippen LogP contribution in [0, 0.1) is 5.92 Å². The number of halogens is 1. The van der Waals surface area contributed by atoms with Gasteiger partial charge in [0.15, 0.2) is 16.5 Å². The summed E-state index contributed by atoms with van der Waals surface area (Å²) in [4.78, 5) is 26.3. The van der Waals surface area contributed by atoms with Crippen molar-refractivity contribution < 1.29 is 4.79 Å². The van der Waals surface area contributed by atoms with Gasteiger partial charge < -0.3 is 5.73 Å². The molecule has 0 saturated heterocycles. The first-order valence-corrected chi connectivity index (χ1v) is 12.3. The summed E-state index contributed by atoms with van der Waals surface area (Å²) in [5, 5.41) is 3.51. The van der Waals surface area contributed by atoms with Crippen LogP contribution in [0.2, 0.25) is 5.02 Å². The number of nitrogens with two attached hydrogens (primary N) is 1. The molecule has 0 spiro atoms. The number of nitrogens with zero attached hydrogens (tertiary/aromatic N) is 4. The zero-order valence-electron chi connectivity index (χ0n) is 18.1. The van der Waals surface area contributed by atoms with E-state index in [1.165, 1.54) is 23.1 Å². The Labute approximate surface area is 205 Å². The van der Waals surface area contributed by atoms with E-state index in [0.29, 0.717) is 22.0 Å². The van der Waals surface area contributed by atoms with Crippen LogP contribution in [0.3, 0.4) is 0 Å². The summed E-state index contributed by atoms with van der Waals surface area (Å²) in [7, 11) is 0. The summed E-state index contributed by atoms with van der Waals surface area (Å²) >= 11 is 7.60. The zero-order valence-corrected chi connectivity index (χ0v) is 19.6. The Bertz CT molecular complexity index is 1510. The van der Waals surface area contributed by atoms with Crippen molar-refractivity contribution in [3.8, 4) is 22.1 Å². The average molecular weight is 486 g/mol. The van der Waals surface area contributed by atoms with Gasteiger partial charge in [-0.2, -0.15) is 0 Å². The Hall–Kier alpha value is -3.55. The van der Waals surface area contributed by atoms with E-state index in [9.17, 15) is 4.79 Å². The number of aromatic nitrogens is 4. The van der Waals surface area contributed by atoms with Crippen molar-refractivity contribution in [1.82, 2.24) is 19.5 Å². The highest BCUT2D eigenvalue weighted by Gasteiger charge is 2.37. The molecule has 34 heavy (non-hydrogen) atoms. The maximum Gasteiger partial charge on any atom is 0.250 e. The third-order valence-corrected chi connectivity index (χ3v) is 7.23. The summed E-state index contributed by atoms with van der Waals surface area (Å²) in [5.74, 6) is 0.716. The molecular formula is C26H20ClN5OS. The van der Waals surface area contributed by atoms with Crippen molar-refractivity contribution in [1.29, 1.82) is 0 Å². The van der Waals surface area contributed by atoms with E-state index in [1.54, 1.807) is 6.07 Å². The SMILES string of the molecule is NC(=O)c1cnc2c(c1)nc(-c1nc(-c3ccc(Cl)cc3)cs1)n2C(c1ccccc1)C1CC1. The first kappa shape index (κ1) is 21.0. The number of hydrogen-bond acceptors (Lipinski definition) is 5. The topological polar surface area (TPSA) is 86.7 Å². The van der Waals surface area contributed by atoms with Crippen molar-refractivity contribution in [2.75, 3.05) is 0 Å². The van der Waals surface area contributed by atoms with Gasteiger partial charge >= 0.3 is 0 Å². The van der Waals surface area contributed by atoms with Crippen LogP contribution < -0.4 is 5.73 Å². The van der Waals surface area contributed by atoms with Crippen LogP contribution in [0.5, 0.6) is 0 Å². The summed E-state index contributed by atoms with van der Waals surface area (Å²) in [6, 6.07) is 19.9. The summed E-state index contributed by atoms with van der Waals surface area (Å²) in [5.41, 5.74) is 10.3. The molecule has 3 heterocycles. The second-order valence-corrected chi connectivity index (χ2v) is 9.77. The Morgan fingerprint density at radius 1 is 1.09 bits per heavy atom. The van der Waals surface area contributed by atoms with Gasteiger partial charge in [0.25, 0.3) is 0 Å². The van der Waals surface area contributed by atoms with E-state index in [-0.39, 0.29) is 6.04 Å². The molecule has 1 atom stereocenters. The number of imidazole rings is 1. The van der Waals surface area contributed by atoms with Gasteiger partial charge in [0.05, 0.1) is 17.3 Å². The molecule has 6 rings (SSSR count). The highest BCUT2D eigenvalue weighted by atomic mass is 35.5. The first-order chi connectivity index (χ1) is 16.6. The number of thiazole rings is 1. The molecule has 1 saturated carbocycles. The van der Waals surface area contributed by atoms with Crippen LogP contribution in [-0.2, 0) is 0 Å². The van der Waals surface area contributed by atoms with Crippen molar-refractivity contribution in [3.05, 3.63) is 88.4 Å². The van der Waals surface area contributed by atoms with Crippen LogP contribution in [0.1, 0.15) is 34.8 Å². The van der Waals surface area contributed by atoms with Crippen LogP contribution in [0.15, 0.2) is 72.2 Å². The molecule has 0 aliphatic heterocycles. The zero-order chi connectivity index (χ0) is 23.2. The molecule has 1 aliphatic rings. The molecular weight excluding hydrogens is 466 g/mol. The lowest BCUT2D eigenvalue weighted by molar-refractivity contribution is 0.1000. The van der Waals surface area contributed by atoms with Gasteiger partial charge in [-0.05, 0) is 42.5 Å². The first-order valence-electron chi connectivity index (χ1n) is 11.0. The molecule has 1 fully saturated rings. The number of carbonyl (C=O) groups is 1. The number of amides is 1. The lowest BCUT2D eigenvalue weighted by Gasteiger charge is -2.21. The van der Waals surface area contributed by atoms with Crippen molar-refractivity contribution in [2.45, 2.75) is 18.9 Å². The number of fused-ring (bicyclic) bond motifs is 1. The Morgan fingerprint density at radius 2 is 1.85 bits per heavy atom. The standard InChI is InChI=1S/C26H20ClN5OS/c27-19-10-8-15(9-11-19)21-14-34-26(31-21)25-30-20-12-18(23(28)33)13-29-24(20)32(25)22(17-6-7-17)16-4-2-1-3-5-16/h1-5,8-14,17,22H,6-7H2,(H2,28,33). The second-order valence-electron chi connectivity index (χ2n) is 8.47. The van der Waals surface area contributed by atoms with Gasteiger partial charge in [0.1, 0.15) is 5.52 Å². The van der Waals surface area contributed by atoms with Gasteiger partial charge in [-0.3, -0.25) is 9.36 Å². The third kappa shape index (κ3) is 3.77. The van der Waals surface area contributed by atoms with Gasteiger partial charge in [0, 0.05) is 22.2 Å². The molecule has 0 radical (unpaired) electrons. The Morgan fingerprint density at radius 3 is 2.56 bits per heavy atom. The minimum atomic E-state index is -0.522. The van der Waals surface area contributed by atoms with Crippen molar-refractivity contribution in [2.24, 2.45) is 11.7 Å². The predicted octanol–water partition coefficient (Wildman–Crippen LogP) is 5.97. The number of primary amides is 1. The van der Waals surface area contributed by atoms with Gasteiger partial charge in [-0.15, -0.1) is 11.3 Å². The van der Waals surface area contributed by atoms with E-state index in [4.69, 9.17) is 27.3 Å². The van der Waals surface area contributed by atoms with Crippen LogP contribution >= 0.6 is 22.9 Å². The van der Waals surface area contributed by atoms with E-state index in [1.807, 2.05) is 35.7 Å². The largest absolute Gasteiger partial charge is 0.366 e. The number of rotatable bonds is 6. The molecule has 168 valence electrons. The maximum atomic E-state index is 11.8. The molecule has 8 heteroatoms. The molecule has 6 nitrogen and oxygen atoms in total. The highest BCUT2D eigenvalue weighted by molar-refractivity contribution is 7.13. The molecule has 1 amide bonds. The van der Waals surface area contributed by atoms with Crippen LogP contribution in [0.25, 0.3) is 33.3 Å². The fraction of sp³-hybridized carbons (Fsp3) is 0.154. The fourth-order valence-corrected chi connectivity index (χ4v) is 5.29. The maximum absolute atomic E-state index is 11.8. The molecule has 1 unspecified atom stereocenters. The van der Waals surface area contributed by atoms with Gasteiger partial charge in [0.2, 0.25) is 5.91 Å². The Kier molecular flexibility index (Phi) is 5.16. The van der Waals surface area contributed by atoms with Crippen molar-refractivity contribution >= 4 is 40.0 Å². The lowest BCUT2D eigenvalue weighted by Crippen LogP contribution is -2.15. The summed E-state index contributed by atoms with van der Waals surface area (Å²) < 4.78 is 2.19. The van der Waals surface area contributed by atoms with E-state index < -0.39 is 5.91 Å². The molecule has 5 aromatic rings. The predicted molar refractivity (Wildman–Crippen MR) is 135 cm³/mol. The number of benzene rings is 2. The number of carbonyl (C=O) groups excluding carboxylic acids is 1. The fourth-order valence-electron chi connectivity index (χ4n) is 4.36. The number of pyridine rings is 1. The molecule has 3 aromatic heterocycles.